The van der Waals surface area contributed by atoms with Crippen LogP contribution in [-0.4, -0.2) is 19.3 Å². The van der Waals surface area contributed by atoms with Crippen molar-refractivity contribution in [2.24, 2.45) is 4.99 Å². The summed E-state index contributed by atoms with van der Waals surface area (Å²) in [4.78, 5) is 14.7. The minimum atomic E-state index is -0.458. The number of fused-ring (bicyclic) bond motifs is 1. The molecule has 0 saturated heterocycles. The van der Waals surface area contributed by atoms with Crippen LogP contribution in [0.5, 0.6) is 11.5 Å². The van der Waals surface area contributed by atoms with Gasteiger partial charge in [-0.15, -0.1) is 0 Å². The third-order valence-electron chi connectivity index (χ3n) is 3.87. The van der Waals surface area contributed by atoms with Crippen LogP contribution in [-0.2, 0) is 10.3 Å². The molecule has 0 aromatic heterocycles. The van der Waals surface area contributed by atoms with E-state index in [1.807, 2.05) is 6.07 Å². The first-order chi connectivity index (χ1) is 9.59. The minimum Gasteiger partial charge on any atom is -0.486 e. The van der Waals surface area contributed by atoms with Crippen LogP contribution in [0.2, 0.25) is 5.02 Å². The number of hydrogen-bond acceptors (Lipinski definition) is 4. The lowest BCUT2D eigenvalue weighted by Crippen LogP contribution is -2.18. The van der Waals surface area contributed by atoms with Crippen molar-refractivity contribution >= 4 is 17.7 Å². The summed E-state index contributed by atoms with van der Waals surface area (Å²) in [7, 11) is 0. The number of rotatable bonds is 3. The van der Waals surface area contributed by atoms with Crippen molar-refractivity contribution < 1.29 is 14.3 Å². The van der Waals surface area contributed by atoms with Crippen LogP contribution in [0.15, 0.2) is 11.1 Å². The van der Waals surface area contributed by atoms with Gasteiger partial charge in [-0.2, -0.15) is 4.99 Å². The molecule has 2 aliphatic rings. The fourth-order valence-electron chi connectivity index (χ4n) is 2.76. The normalized spacial score (nSPS) is 18.6. The van der Waals surface area contributed by atoms with E-state index < -0.39 is 5.54 Å². The molecule has 1 heterocycles. The van der Waals surface area contributed by atoms with Crippen LogP contribution in [0.1, 0.15) is 43.7 Å². The second-order valence-electron chi connectivity index (χ2n) is 5.57. The van der Waals surface area contributed by atoms with Gasteiger partial charge in [0, 0.05) is 0 Å². The standard InChI is InChI=1S/C15H16ClNO3/c1-9(2)12-10(15(3-4-15)17-8-18)7-11-14(13(12)16)20-6-5-19-11/h7,9H,3-6H2,1-2H3. The van der Waals surface area contributed by atoms with Gasteiger partial charge in [-0.25, -0.2) is 4.79 Å². The molecule has 0 radical (unpaired) electrons. The molecule has 1 saturated carbocycles. The summed E-state index contributed by atoms with van der Waals surface area (Å²) in [5, 5.41) is 0.583. The average molecular weight is 294 g/mol. The second-order valence-corrected chi connectivity index (χ2v) is 5.94. The van der Waals surface area contributed by atoms with Gasteiger partial charge in [-0.05, 0) is 36.0 Å². The molecule has 1 fully saturated rings. The van der Waals surface area contributed by atoms with Gasteiger partial charge >= 0.3 is 0 Å². The molecular weight excluding hydrogens is 278 g/mol. The van der Waals surface area contributed by atoms with Crippen LogP contribution in [0.4, 0.5) is 0 Å². The van der Waals surface area contributed by atoms with E-state index in [1.54, 1.807) is 6.08 Å². The molecular formula is C15H16ClNO3. The first kappa shape index (κ1) is 13.5. The zero-order valence-electron chi connectivity index (χ0n) is 11.5. The Morgan fingerprint density at radius 3 is 2.65 bits per heavy atom. The highest BCUT2D eigenvalue weighted by atomic mass is 35.5. The van der Waals surface area contributed by atoms with Crippen molar-refractivity contribution in [2.75, 3.05) is 13.2 Å². The second kappa shape index (κ2) is 4.80. The van der Waals surface area contributed by atoms with Crippen LogP contribution in [0.3, 0.4) is 0 Å². The van der Waals surface area contributed by atoms with E-state index in [0.29, 0.717) is 29.7 Å². The van der Waals surface area contributed by atoms with E-state index in [1.165, 1.54) is 0 Å². The number of isocyanates is 1. The maximum Gasteiger partial charge on any atom is 0.235 e. The number of benzene rings is 1. The first-order valence-corrected chi connectivity index (χ1v) is 7.18. The van der Waals surface area contributed by atoms with Crippen LogP contribution in [0, 0.1) is 0 Å². The average Bonchev–Trinajstić information content (AvgIpc) is 3.19. The van der Waals surface area contributed by atoms with E-state index in [0.717, 1.165) is 24.0 Å². The summed E-state index contributed by atoms with van der Waals surface area (Å²) >= 11 is 6.52. The van der Waals surface area contributed by atoms with E-state index in [9.17, 15) is 4.79 Å². The summed E-state index contributed by atoms with van der Waals surface area (Å²) in [6.45, 7) is 5.15. The van der Waals surface area contributed by atoms with Crippen molar-refractivity contribution in [3.63, 3.8) is 0 Å². The smallest absolute Gasteiger partial charge is 0.235 e. The topological polar surface area (TPSA) is 47.9 Å². The largest absolute Gasteiger partial charge is 0.486 e. The van der Waals surface area contributed by atoms with Crippen molar-refractivity contribution in [1.29, 1.82) is 0 Å². The molecule has 1 aliphatic heterocycles. The summed E-state index contributed by atoms with van der Waals surface area (Å²) in [6.07, 6.45) is 3.38. The van der Waals surface area contributed by atoms with Crippen LogP contribution in [0.25, 0.3) is 0 Å². The van der Waals surface area contributed by atoms with E-state index >= 15 is 0 Å². The number of aliphatic imine (C=N–C) groups is 1. The molecule has 0 unspecified atom stereocenters. The summed E-state index contributed by atoms with van der Waals surface area (Å²) < 4.78 is 11.3. The fourth-order valence-corrected chi connectivity index (χ4v) is 3.22. The highest BCUT2D eigenvalue weighted by molar-refractivity contribution is 6.33. The molecule has 0 spiro atoms. The highest BCUT2D eigenvalue weighted by Gasteiger charge is 2.48. The van der Waals surface area contributed by atoms with Crippen molar-refractivity contribution in [3.8, 4) is 11.5 Å². The molecule has 106 valence electrons. The number of hydrogen-bond donors (Lipinski definition) is 0. The fraction of sp³-hybridized carbons (Fsp3) is 0.533. The Bertz CT molecular complexity index is 602. The van der Waals surface area contributed by atoms with E-state index in [4.69, 9.17) is 21.1 Å². The predicted molar refractivity (Wildman–Crippen MR) is 75.6 cm³/mol. The molecule has 20 heavy (non-hydrogen) atoms. The molecule has 5 heteroatoms. The van der Waals surface area contributed by atoms with Crippen LogP contribution >= 0.6 is 11.6 Å². The quantitative estimate of drug-likeness (QED) is 0.632. The SMILES string of the molecule is CC(C)c1c(C2(N=C=O)CC2)cc2c(c1Cl)OCCO2. The van der Waals surface area contributed by atoms with Gasteiger partial charge in [0.1, 0.15) is 13.2 Å². The number of halogens is 1. The molecule has 1 aromatic carbocycles. The lowest BCUT2D eigenvalue weighted by atomic mass is 9.90. The molecule has 0 amide bonds. The van der Waals surface area contributed by atoms with Crippen molar-refractivity contribution in [3.05, 3.63) is 22.2 Å². The number of nitrogens with zero attached hydrogens (tertiary/aromatic N) is 1. The van der Waals surface area contributed by atoms with Gasteiger partial charge in [0.25, 0.3) is 0 Å². The Morgan fingerprint density at radius 2 is 2.05 bits per heavy atom. The lowest BCUT2D eigenvalue weighted by molar-refractivity contribution is 0.171. The van der Waals surface area contributed by atoms with Gasteiger partial charge in [0.2, 0.25) is 6.08 Å². The Kier molecular flexibility index (Phi) is 3.23. The third kappa shape index (κ3) is 2.00. The zero-order valence-corrected chi connectivity index (χ0v) is 12.3. The zero-order chi connectivity index (χ0) is 14.3. The van der Waals surface area contributed by atoms with Gasteiger partial charge in [0.05, 0.1) is 10.6 Å². The van der Waals surface area contributed by atoms with Gasteiger partial charge in [-0.3, -0.25) is 0 Å². The monoisotopic (exact) mass is 293 g/mol. The minimum absolute atomic E-state index is 0.215. The first-order valence-electron chi connectivity index (χ1n) is 6.80. The number of carbonyl (C=O) groups excluding carboxylic acids is 1. The maximum atomic E-state index is 10.7. The van der Waals surface area contributed by atoms with E-state index in [-0.39, 0.29) is 5.92 Å². The molecule has 1 aliphatic carbocycles. The number of ether oxygens (including phenoxy) is 2. The molecule has 1 aromatic rings. The predicted octanol–water partition coefficient (Wildman–Crippen LogP) is 3.56. The van der Waals surface area contributed by atoms with E-state index in [2.05, 4.69) is 18.8 Å². The van der Waals surface area contributed by atoms with Crippen LogP contribution < -0.4 is 9.47 Å². The maximum absolute atomic E-state index is 10.7. The Hall–Kier alpha value is -1.51. The third-order valence-corrected chi connectivity index (χ3v) is 4.25. The lowest BCUT2D eigenvalue weighted by Gasteiger charge is -2.26. The van der Waals surface area contributed by atoms with Gasteiger partial charge in [-0.1, -0.05) is 25.4 Å². The van der Waals surface area contributed by atoms with Crippen molar-refractivity contribution in [2.45, 2.75) is 38.1 Å². The summed E-state index contributed by atoms with van der Waals surface area (Å²) in [6, 6.07) is 1.93. The molecule has 0 bridgehead atoms. The Balaban J connectivity index is 2.23. The van der Waals surface area contributed by atoms with Gasteiger partial charge in [0.15, 0.2) is 11.5 Å². The molecule has 3 rings (SSSR count). The van der Waals surface area contributed by atoms with Crippen molar-refractivity contribution in [1.82, 2.24) is 0 Å². The molecule has 0 atom stereocenters. The highest BCUT2D eigenvalue weighted by Crippen LogP contribution is 2.56. The van der Waals surface area contributed by atoms with Gasteiger partial charge < -0.3 is 9.47 Å². The molecule has 4 nitrogen and oxygen atoms in total. The summed E-state index contributed by atoms with van der Waals surface area (Å²) in [5.74, 6) is 1.47. The summed E-state index contributed by atoms with van der Waals surface area (Å²) in [5.41, 5.74) is 1.51. The Labute approximate surface area is 122 Å². The Morgan fingerprint density at radius 1 is 1.35 bits per heavy atom. The molecule has 0 N–H and O–H groups in total.